The monoisotopic (exact) mass is 925 g/mol. The minimum absolute atomic E-state index is 0.0832. The van der Waals surface area contributed by atoms with E-state index in [-0.39, 0.29) is 31.1 Å². The van der Waals surface area contributed by atoms with Crippen LogP contribution in [-0.4, -0.2) is 37.2 Å². The Bertz CT molecular complexity index is 1150. The fraction of sp³-hybridized carbons (Fsp3) is 0.817. The molecule has 0 radical (unpaired) electrons. The maximum Gasteiger partial charge on any atom is 0.306 e. The van der Waals surface area contributed by atoms with Gasteiger partial charge < -0.3 is 14.2 Å². The van der Waals surface area contributed by atoms with Crippen molar-refractivity contribution in [3.8, 4) is 0 Å². The van der Waals surface area contributed by atoms with Crippen LogP contribution in [0.1, 0.15) is 297 Å². The molecule has 1 atom stereocenters. The van der Waals surface area contributed by atoms with Gasteiger partial charge in [-0.05, 0) is 89.9 Å². The van der Waals surface area contributed by atoms with Gasteiger partial charge in [-0.2, -0.15) is 0 Å². The average molecular weight is 926 g/mol. The predicted molar refractivity (Wildman–Crippen MR) is 284 cm³/mol. The molecule has 0 aromatic heterocycles. The van der Waals surface area contributed by atoms with Gasteiger partial charge in [-0.25, -0.2) is 0 Å². The Morgan fingerprint density at radius 3 is 0.894 bits per heavy atom. The number of hydrogen-bond acceptors (Lipinski definition) is 6. The second kappa shape index (κ2) is 55.0. The van der Waals surface area contributed by atoms with Crippen LogP contribution in [-0.2, 0) is 28.6 Å². The summed E-state index contributed by atoms with van der Waals surface area (Å²) in [7, 11) is 0. The highest BCUT2D eigenvalue weighted by Gasteiger charge is 2.19. The molecular formula is C60H108O6. The van der Waals surface area contributed by atoms with Gasteiger partial charge in [0, 0.05) is 19.3 Å². The summed E-state index contributed by atoms with van der Waals surface area (Å²) < 4.78 is 16.8. The summed E-state index contributed by atoms with van der Waals surface area (Å²) in [5, 5.41) is 0. The normalized spacial score (nSPS) is 12.3. The van der Waals surface area contributed by atoms with Gasteiger partial charge in [-0.1, -0.05) is 236 Å². The van der Waals surface area contributed by atoms with Crippen LogP contribution in [0.3, 0.4) is 0 Å². The summed E-state index contributed by atoms with van der Waals surface area (Å²) in [6.45, 7) is 6.60. The summed E-state index contributed by atoms with van der Waals surface area (Å²) in [6, 6.07) is 0. The Labute approximate surface area is 409 Å². The first-order chi connectivity index (χ1) is 32.5. The first kappa shape index (κ1) is 63.4. The second-order valence-corrected chi connectivity index (χ2v) is 19.2. The van der Waals surface area contributed by atoms with E-state index in [2.05, 4.69) is 69.4 Å². The van der Waals surface area contributed by atoms with Gasteiger partial charge in [0.1, 0.15) is 13.2 Å². The summed E-state index contributed by atoms with van der Waals surface area (Å²) in [4.78, 5) is 38.1. The number of unbranched alkanes of at least 4 members (excludes halogenated alkanes) is 34. The third-order valence-corrected chi connectivity index (χ3v) is 12.6. The fourth-order valence-corrected chi connectivity index (χ4v) is 8.17. The molecule has 1 unspecified atom stereocenters. The van der Waals surface area contributed by atoms with Gasteiger partial charge in [-0.15, -0.1) is 0 Å². The SMILES string of the molecule is CCCC/C=C\CCCCCCCC(=O)OCC(COC(=O)CCCCCCCCC/C=C\CCCCCCCCCC)OC(=O)CCCCCCC/C=C\C=C/CCCCCCCCC. The molecule has 0 saturated heterocycles. The van der Waals surface area contributed by atoms with E-state index in [0.29, 0.717) is 19.3 Å². The zero-order valence-corrected chi connectivity index (χ0v) is 44.0. The van der Waals surface area contributed by atoms with Crippen molar-refractivity contribution in [3.63, 3.8) is 0 Å². The van der Waals surface area contributed by atoms with Gasteiger partial charge in [0.25, 0.3) is 0 Å². The molecule has 0 aliphatic carbocycles. The zero-order valence-electron chi connectivity index (χ0n) is 44.0. The lowest BCUT2D eigenvalue weighted by Gasteiger charge is -2.18. The maximum atomic E-state index is 12.8. The lowest BCUT2D eigenvalue weighted by atomic mass is 10.1. The standard InChI is InChI=1S/C60H108O6/c1-4-7-10-13-16-19-22-24-26-28-30-32-33-35-38-41-44-47-50-53-59(62)65-56-57(55-64-58(61)52-49-46-43-40-37-21-18-15-12-9-6-3)66-60(63)54-51-48-45-42-39-36-34-31-29-27-25-23-20-17-14-11-8-5-2/h15,18,27-31,34,57H,4-14,16-17,19-26,32-33,35-56H2,1-3H3/b18-15-,29-27-,30-28-,34-31-. The van der Waals surface area contributed by atoms with E-state index in [0.717, 1.165) is 83.5 Å². The Hall–Kier alpha value is -2.63. The molecule has 0 N–H and O–H groups in total. The topological polar surface area (TPSA) is 78.9 Å². The van der Waals surface area contributed by atoms with Crippen molar-refractivity contribution in [2.24, 2.45) is 0 Å². The third-order valence-electron chi connectivity index (χ3n) is 12.6. The zero-order chi connectivity index (χ0) is 47.9. The van der Waals surface area contributed by atoms with Crippen LogP contribution < -0.4 is 0 Å². The van der Waals surface area contributed by atoms with Crippen molar-refractivity contribution < 1.29 is 28.6 Å². The van der Waals surface area contributed by atoms with E-state index in [4.69, 9.17) is 14.2 Å². The van der Waals surface area contributed by atoms with Crippen LogP contribution >= 0.6 is 0 Å². The molecule has 384 valence electrons. The minimum Gasteiger partial charge on any atom is -0.462 e. The van der Waals surface area contributed by atoms with Crippen LogP contribution in [0.2, 0.25) is 0 Å². The van der Waals surface area contributed by atoms with E-state index in [1.807, 2.05) is 0 Å². The third kappa shape index (κ3) is 52.3. The van der Waals surface area contributed by atoms with Crippen LogP contribution in [0.5, 0.6) is 0 Å². The lowest BCUT2D eigenvalue weighted by Crippen LogP contribution is -2.30. The molecule has 0 aliphatic rings. The van der Waals surface area contributed by atoms with E-state index >= 15 is 0 Å². The van der Waals surface area contributed by atoms with Crippen molar-refractivity contribution in [1.29, 1.82) is 0 Å². The highest BCUT2D eigenvalue weighted by molar-refractivity contribution is 5.71. The first-order valence-corrected chi connectivity index (χ1v) is 28.7. The van der Waals surface area contributed by atoms with Gasteiger partial charge in [-0.3, -0.25) is 14.4 Å². The Morgan fingerprint density at radius 1 is 0.303 bits per heavy atom. The summed E-state index contributed by atoms with van der Waals surface area (Å²) in [5.41, 5.74) is 0. The van der Waals surface area contributed by atoms with E-state index < -0.39 is 6.10 Å². The van der Waals surface area contributed by atoms with Crippen LogP contribution in [0.25, 0.3) is 0 Å². The molecule has 0 rings (SSSR count). The maximum absolute atomic E-state index is 12.8. The summed E-state index contributed by atoms with van der Waals surface area (Å²) in [5.74, 6) is -0.901. The number of ether oxygens (including phenoxy) is 3. The molecule has 6 heteroatoms. The molecular weight excluding hydrogens is 817 g/mol. The number of carbonyl (C=O) groups is 3. The molecule has 0 aromatic rings. The molecule has 66 heavy (non-hydrogen) atoms. The van der Waals surface area contributed by atoms with E-state index in [1.54, 1.807) is 0 Å². The largest absolute Gasteiger partial charge is 0.462 e. The highest BCUT2D eigenvalue weighted by Crippen LogP contribution is 2.15. The van der Waals surface area contributed by atoms with Crippen molar-refractivity contribution in [1.82, 2.24) is 0 Å². The molecule has 0 saturated carbocycles. The molecule has 0 bridgehead atoms. The smallest absolute Gasteiger partial charge is 0.306 e. The van der Waals surface area contributed by atoms with E-state index in [1.165, 1.54) is 173 Å². The molecule has 0 aliphatic heterocycles. The summed E-state index contributed by atoms with van der Waals surface area (Å²) in [6.07, 6.45) is 66.7. The molecule has 0 amide bonds. The van der Waals surface area contributed by atoms with Crippen molar-refractivity contribution >= 4 is 17.9 Å². The molecule has 0 spiro atoms. The molecule has 0 heterocycles. The van der Waals surface area contributed by atoms with Gasteiger partial charge in [0.15, 0.2) is 6.10 Å². The second-order valence-electron chi connectivity index (χ2n) is 19.2. The van der Waals surface area contributed by atoms with Crippen LogP contribution in [0.15, 0.2) is 48.6 Å². The Morgan fingerprint density at radius 2 is 0.561 bits per heavy atom. The van der Waals surface area contributed by atoms with Crippen molar-refractivity contribution in [2.45, 2.75) is 303 Å². The highest BCUT2D eigenvalue weighted by atomic mass is 16.6. The van der Waals surface area contributed by atoms with Crippen LogP contribution in [0.4, 0.5) is 0 Å². The van der Waals surface area contributed by atoms with Crippen molar-refractivity contribution in [2.75, 3.05) is 13.2 Å². The van der Waals surface area contributed by atoms with Gasteiger partial charge in [0.2, 0.25) is 0 Å². The number of carbonyl (C=O) groups excluding carboxylic acids is 3. The predicted octanol–water partition coefficient (Wildman–Crippen LogP) is 19.0. The fourth-order valence-electron chi connectivity index (χ4n) is 8.17. The first-order valence-electron chi connectivity index (χ1n) is 28.7. The number of rotatable bonds is 52. The van der Waals surface area contributed by atoms with Gasteiger partial charge in [0.05, 0.1) is 0 Å². The Balaban J connectivity index is 4.35. The molecule has 0 aromatic carbocycles. The average Bonchev–Trinajstić information content (AvgIpc) is 3.31. The Kier molecular flexibility index (Phi) is 52.8. The minimum atomic E-state index is -0.785. The lowest BCUT2D eigenvalue weighted by molar-refractivity contribution is -0.167. The number of esters is 3. The van der Waals surface area contributed by atoms with E-state index in [9.17, 15) is 14.4 Å². The van der Waals surface area contributed by atoms with Crippen LogP contribution in [0, 0.1) is 0 Å². The molecule has 6 nitrogen and oxygen atoms in total. The van der Waals surface area contributed by atoms with Gasteiger partial charge >= 0.3 is 17.9 Å². The number of allylic oxidation sites excluding steroid dienone is 8. The quantitative estimate of drug-likeness (QED) is 0.0199. The summed E-state index contributed by atoms with van der Waals surface area (Å²) >= 11 is 0. The van der Waals surface area contributed by atoms with Crippen molar-refractivity contribution in [3.05, 3.63) is 48.6 Å². The number of hydrogen-bond donors (Lipinski definition) is 0. The molecule has 0 fully saturated rings.